The molecule has 0 spiro atoms. The van der Waals surface area contributed by atoms with Crippen molar-refractivity contribution in [3.63, 3.8) is 0 Å². The molecule has 0 saturated carbocycles. The van der Waals surface area contributed by atoms with Gasteiger partial charge in [0.15, 0.2) is 0 Å². The Labute approximate surface area is 155 Å². The van der Waals surface area contributed by atoms with Gasteiger partial charge in [-0.05, 0) is 31.6 Å². The molecule has 0 radical (unpaired) electrons. The molecule has 1 amide bonds. The van der Waals surface area contributed by atoms with E-state index in [-0.39, 0.29) is 11.8 Å². The minimum absolute atomic E-state index is 0.0644. The quantitative estimate of drug-likeness (QED) is 0.797. The molecular formula is C17H27N5O3S. The summed E-state index contributed by atoms with van der Waals surface area (Å²) in [7, 11) is -3.15. The number of anilines is 1. The van der Waals surface area contributed by atoms with Gasteiger partial charge in [-0.15, -0.1) is 0 Å². The van der Waals surface area contributed by atoms with Crippen molar-refractivity contribution < 1.29 is 13.2 Å². The van der Waals surface area contributed by atoms with E-state index in [2.05, 4.69) is 20.2 Å². The fraction of sp³-hybridized carbons (Fsp3) is 0.706. The van der Waals surface area contributed by atoms with E-state index in [0.717, 1.165) is 31.7 Å². The van der Waals surface area contributed by atoms with Crippen molar-refractivity contribution in [2.45, 2.75) is 25.7 Å². The Balaban J connectivity index is 1.38. The van der Waals surface area contributed by atoms with Gasteiger partial charge in [0.1, 0.15) is 5.82 Å². The van der Waals surface area contributed by atoms with E-state index in [9.17, 15) is 13.2 Å². The second-order valence-electron chi connectivity index (χ2n) is 7.18. The Morgan fingerprint density at radius 1 is 1.15 bits per heavy atom. The highest BCUT2D eigenvalue weighted by atomic mass is 32.2. The smallest absolute Gasteiger partial charge is 0.223 e. The zero-order chi connectivity index (χ0) is 18.6. The van der Waals surface area contributed by atoms with Gasteiger partial charge in [0.2, 0.25) is 15.9 Å². The van der Waals surface area contributed by atoms with E-state index in [4.69, 9.17) is 0 Å². The highest BCUT2D eigenvalue weighted by molar-refractivity contribution is 7.88. The first-order valence-corrected chi connectivity index (χ1v) is 11.0. The molecule has 0 aliphatic carbocycles. The van der Waals surface area contributed by atoms with Crippen LogP contribution in [0.5, 0.6) is 0 Å². The van der Waals surface area contributed by atoms with Crippen LogP contribution in [0.25, 0.3) is 0 Å². The van der Waals surface area contributed by atoms with Crippen molar-refractivity contribution in [1.29, 1.82) is 0 Å². The Hall–Kier alpha value is -1.74. The third-order valence-corrected chi connectivity index (χ3v) is 6.65. The van der Waals surface area contributed by atoms with E-state index < -0.39 is 10.0 Å². The second kappa shape index (κ2) is 8.30. The van der Waals surface area contributed by atoms with E-state index in [1.54, 1.807) is 18.6 Å². The Bertz CT molecular complexity index is 696. The van der Waals surface area contributed by atoms with Crippen LogP contribution < -0.4 is 10.2 Å². The molecule has 3 rings (SSSR count). The number of hydrogen-bond donors (Lipinski definition) is 1. The van der Waals surface area contributed by atoms with E-state index in [0.29, 0.717) is 38.4 Å². The van der Waals surface area contributed by atoms with Gasteiger partial charge in [0, 0.05) is 51.0 Å². The lowest BCUT2D eigenvalue weighted by Crippen LogP contribution is -2.44. The van der Waals surface area contributed by atoms with Crippen LogP contribution in [-0.2, 0) is 14.8 Å². The van der Waals surface area contributed by atoms with Gasteiger partial charge in [0.25, 0.3) is 0 Å². The Kier molecular flexibility index (Phi) is 6.08. The Morgan fingerprint density at radius 3 is 2.42 bits per heavy atom. The molecule has 0 atom stereocenters. The van der Waals surface area contributed by atoms with E-state index in [1.165, 1.54) is 10.6 Å². The number of aromatic nitrogens is 2. The van der Waals surface area contributed by atoms with Crippen LogP contribution in [0.4, 0.5) is 5.82 Å². The standard InChI is InChI=1S/C17H27N5O3S/c1-26(24,25)22-10-4-15(5-11-22)17(23)20-12-14-2-8-21(9-3-14)16-13-18-6-7-19-16/h6-7,13-15H,2-5,8-12H2,1H3,(H,20,23). The molecule has 26 heavy (non-hydrogen) atoms. The highest BCUT2D eigenvalue weighted by Gasteiger charge is 2.29. The number of nitrogens with one attached hydrogen (secondary N) is 1. The first kappa shape index (κ1) is 19.0. The molecule has 3 heterocycles. The summed E-state index contributed by atoms with van der Waals surface area (Å²) in [6.45, 7) is 3.41. The molecule has 2 fully saturated rings. The summed E-state index contributed by atoms with van der Waals surface area (Å²) in [5.41, 5.74) is 0. The number of carbonyl (C=O) groups is 1. The topological polar surface area (TPSA) is 95.5 Å². The third kappa shape index (κ3) is 4.91. The average Bonchev–Trinajstić information content (AvgIpc) is 2.66. The largest absolute Gasteiger partial charge is 0.356 e. The van der Waals surface area contributed by atoms with Crippen molar-refractivity contribution in [2.24, 2.45) is 11.8 Å². The highest BCUT2D eigenvalue weighted by Crippen LogP contribution is 2.22. The molecular weight excluding hydrogens is 354 g/mol. The maximum atomic E-state index is 12.4. The first-order valence-electron chi connectivity index (χ1n) is 9.17. The SMILES string of the molecule is CS(=O)(=O)N1CCC(C(=O)NCC2CCN(c3cnccn3)CC2)CC1. The average molecular weight is 382 g/mol. The van der Waals surface area contributed by atoms with Crippen molar-refractivity contribution >= 4 is 21.7 Å². The molecule has 0 bridgehead atoms. The fourth-order valence-electron chi connectivity index (χ4n) is 3.66. The molecule has 1 aromatic heterocycles. The van der Waals surface area contributed by atoms with Crippen molar-refractivity contribution in [2.75, 3.05) is 43.9 Å². The fourth-order valence-corrected chi connectivity index (χ4v) is 4.53. The van der Waals surface area contributed by atoms with E-state index >= 15 is 0 Å². The molecule has 1 N–H and O–H groups in total. The molecule has 2 saturated heterocycles. The van der Waals surface area contributed by atoms with Crippen LogP contribution >= 0.6 is 0 Å². The molecule has 0 aromatic carbocycles. The molecule has 144 valence electrons. The van der Waals surface area contributed by atoms with Gasteiger partial charge in [-0.3, -0.25) is 9.78 Å². The maximum Gasteiger partial charge on any atom is 0.223 e. The summed E-state index contributed by atoms with van der Waals surface area (Å²) < 4.78 is 24.5. The molecule has 0 unspecified atom stereocenters. The van der Waals surface area contributed by atoms with Gasteiger partial charge in [-0.25, -0.2) is 17.7 Å². The van der Waals surface area contributed by atoms with E-state index in [1.807, 2.05) is 0 Å². The Morgan fingerprint density at radius 2 is 1.85 bits per heavy atom. The van der Waals surface area contributed by atoms with Crippen LogP contribution in [0.15, 0.2) is 18.6 Å². The summed E-state index contributed by atoms with van der Waals surface area (Å²) in [5.74, 6) is 1.37. The summed E-state index contributed by atoms with van der Waals surface area (Å²) in [6.07, 6.45) is 9.62. The summed E-state index contributed by atoms with van der Waals surface area (Å²) in [4.78, 5) is 23.0. The predicted molar refractivity (Wildman–Crippen MR) is 99.1 cm³/mol. The van der Waals surface area contributed by atoms with Gasteiger partial charge in [-0.1, -0.05) is 0 Å². The van der Waals surface area contributed by atoms with Crippen molar-refractivity contribution in [1.82, 2.24) is 19.6 Å². The lowest BCUT2D eigenvalue weighted by atomic mass is 9.94. The molecule has 1 aromatic rings. The molecule has 8 nitrogen and oxygen atoms in total. The number of rotatable bonds is 5. The number of nitrogens with zero attached hydrogens (tertiary/aromatic N) is 4. The molecule has 2 aliphatic rings. The first-order chi connectivity index (χ1) is 12.4. The monoisotopic (exact) mass is 381 g/mol. The normalized spacial score (nSPS) is 20.9. The third-order valence-electron chi connectivity index (χ3n) is 5.35. The molecule has 2 aliphatic heterocycles. The maximum absolute atomic E-state index is 12.4. The van der Waals surface area contributed by atoms with Gasteiger partial charge in [-0.2, -0.15) is 0 Å². The minimum atomic E-state index is -3.15. The zero-order valence-electron chi connectivity index (χ0n) is 15.2. The van der Waals surface area contributed by atoms with Crippen LogP contribution in [0.2, 0.25) is 0 Å². The predicted octanol–water partition coefficient (Wildman–Crippen LogP) is 0.481. The number of carbonyl (C=O) groups excluding carboxylic acids is 1. The number of piperidine rings is 2. The van der Waals surface area contributed by atoms with Gasteiger partial charge in [0.05, 0.1) is 12.5 Å². The number of amides is 1. The number of hydrogen-bond acceptors (Lipinski definition) is 6. The minimum Gasteiger partial charge on any atom is -0.356 e. The summed E-state index contributed by atoms with van der Waals surface area (Å²) >= 11 is 0. The van der Waals surface area contributed by atoms with Crippen LogP contribution in [0.3, 0.4) is 0 Å². The van der Waals surface area contributed by atoms with Gasteiger partial charge >= 0.3 is 0 Å². The molecule has 9 heteroatoms. The summed E-state index contributed by atoms with van der Waals surface area (Å²) in [5, 5.41) is 3.08. The second-order valence-corrected chi connectivity index (χ2v) is 9.16. The lowest BCUT2D eigenvalue weighted by Gasteiger charge is -2.33. The van der Waals surface area contributed by atoms with Crippen molar-refractivity contribution in [3.05, 3.63) is 18.6 Å². The van der Waals surface area contributed by atoms with Crippen LogP contribution in [-0.4, -0.2) is 67.6 Å². The van der Waals surface area contributed by atoms with Crippen LogP contribution in [0.1, 0.15) is 25.7 Å². The summed E-state index contributed by atoms with van der Waals surface area (Å²) in [6, 6.07) is 0. The zero-order valence-corrected chi connectivity index (χ0v) is 16.0. The van der Waals surface area contributed by atoms with Crippen LogP contribution in [0, 0.1) is 11.8 Å². The van der Waals surface area contributed by atoms with Gasteiger partial charge < -0.3 is 10.2 Å². The lowest BCUT2D eigenvalue weighted by molar-refractivity contribution is -0.126. The number of sulfonamides is 1. The van der Waals surface area contributed by atoms with Crippen molar-refractivity contribution in [3.8, 4) is 0 Å².